The van der Waals surface area contributed by atoms with E-state index in [0.29, 0.717) is 5.15 Å². The standard InChI is InChI=1S/C8H10ClN3/c1-5-4-6-7(8(9)12-5)11-3-2-10-6/h4,10-11H,2-3H2,1H3. The van der Waals surface area contributed by atoms with Gasteiger partial charge in [0.05, 0.1) is 11.4 Å². The molecule has 2 heterocycles. The molecule has 0 atom stereocenters. The molecule has 0 aromatic carbocycles. The van der Waals surface area contributed by atoms with Crippen LogP contribution in [-0.4, -0.2) is 18.1 Å². The van der Waals surface area contributed by atoms with Crippen molar-refractivity contribution < 1.29 is 0 Å². The smallest absolute Gasteiger partial charge is 0.154 e. The summed E-state index contributed by atoms with van der Waals surface area (Å²) in [4.78, 5) is 4.15. The lowest BCUT2D eigenvalue weighted by Crippen LogP contribution is -2.21. The Labute approximate surface area is 76.1 Å². The van der Waals surface area contributed by atoms with Crippen LogP contribution >= 0.6 is 11.6 Å². The summed E-state index contributed by atoms with van der Waals surface area (Å²) in [6.45, 7) is 3.77. The molecule has 0 aliphatic carbocycles. The van der Waals surface area contributed by atoms with E-state index in [9.17, 15) is 0 Å². The van der Waals surface area contributed by atoms with Gasteiger partial charge in [-0.05, 0) is 13.0 Å². The number of hydrogen-bond donors (Lipinski definition) is 2. The highest BCUT2D eigenvalue weighted by Gasteiger charge is 2.12. The van der Waals surface area contributed by atoms with Gasteiger partial charge < -0.3 is 10.6 Å². The van der Waals surface area contributed by atoms with Crippen molar-refractivity contribution in [2.75, 3.05) is 23.7 Å². The molecule has 1 aromatic heterocycles. The van der Waals surface area contributed by atoms with E-state index in [1.54, 1.807) is 0 Å². The van der Waals surface area contributed by atoms with Crippen LogP contribution in [0.1, 0.15) is 5.69 Å². The first-order valence-electron chi connectivity index (χ1n) is 3.92. The molecule has 64 valence electrons. The van der Waals surface area contributed by atoms with Crippen molar-refractivity contribution in [3.8, 4) is 0 Å². The molecule has 0 fully saturated rings. The van der Waals surface area contributed by atoms with Gasteiger partial charge in [0.15, 0.2) is 5.15 Å². The Bertz CT molecular complexity index is 311. The van der Waals surface area contributed by atoms with Crippen molar-refractivity contribution in [2.45, 2.75) is 6.92 Å². The van der Waals surface area contributed by atoms with Crippen LogP contribution in [0, 0.1) is 6.92 Å². The van der Waals surface area contributed by atoms with E-state index >= 15 is 0 Å². The second-order valence-corrected chi connectivity index (χ2v) is 3.19. The normalized spacial score (nSPS) is 14.5. The molecule has 12 heavy (non-hydrogen) atoms. The van der Waals surface area contributed by atoms with Gasteiger partial charge in [0.1, 0.15) is 0 Å². The fourth-order valence-electron chi connectivity index (χ4n) is 1.33. The number of rotatable bonds is 0. The third-order valence-electron chi connectivity index (χ3n) is 1.85. The van der Waals surface area contributed by atoms with Gasteiger partial charge in [-0.3, -0.25) is 0 Å². The first-order chi connectivity index (χ1) is 5.77. The number of aromatic nitrogens is 1. The molecule has 0 saturated carbocycles. The highest BCUT2D eigenvalue weighted by Crippen LogP contribution is 2.30. The van der Waals surface area contributed by atoms with Crippen molar-refractivity contribution in [3.63, 3.8) is 0 Å². The molecule has 0 spiro atoms. The van der Waals surface area contributed by atoms with Crippen molar-refractivity contribution in [1.29, 1.82) is 0 Å². The van der Waals surface area contributed by atoms with E-state index < -0.39 is 0 Å². The lowest BCUT2D eigenvalue weighted by molar-refractivity contribution is 1.03. The zero-order valence-electron chi connectivity index (χ0n) is 6.82. The van der Waals surface area contributed by atoms with Gasteiger partial charge in [-0.2, -0.15) is 0 Å². The molecule has 0 amide bonds. The van der Waals surface area contributed by atoms with Gasteiger partial charge in [0.25, 0.3) is 0 Å². The summed E-state index contributed by atoms with van der Waals surface area (Å²) in [7, 11) is 0. The summed E-state index contributed by atoms with van der Waals surface area (Å²) < 4.78 is 0. The molecule has 0 unspecified atom stereocenters. The lowest BCUT2D eigenvalue weighted by atomic mass is 10.2. The van der Waals surface area contributed by atoms with Crippen molar-refractivity contribution >= 4 is 23.0 Å². The number of hydrogen-bond acceptors (Lipinski definition) is 3. The zero-order valence-corrected chi connectivity index (χ0v) is 7.57. The van der Waals surface area contributed by atoms with Gasteiger partial charge in [-0.25, -0.2) is 4.98 Å². The zero-order chi connectivity index (χ0) is 8.55. The van der Waals surface area contributed by atoms with Crippen molar-refractivity contribution in [1.82, 2.24) is 4.98 Å². The van der Waals surface area contributed by atoms with Crippen LogP contribution in [0.2, 0.25) is 5.15 Å². The maximum Gasteiger partial charge on any atom is 0.154 e. The van der Waals surface area contributed by atoms with Crippen LogP contribution in [0.25, 0.3) is 0 Å². The summed E-state index contributed by atoms with van der Waals surface area (Å²) in [6, 6.07) is 1.99. The third-order valence-corrected chi connectivity index (χ3v) is 2.12. The van der Waals surface area contributed by atoms with Crippen LogP contribution in [0.3, 0.4) is 0 Å². The molecule has 3 nitrogen and oxygen atoms in total. The van der Waals surface area contributed by atoms with Gasteiger partial charge in [-0.15, -0.1) is 0 Å². The minimum atomic E-state index is 0.553. The number of pyridine rings is 1. The SMILES string of the molecule is Cc1cc2c(c(Cl)n1)NCCN2. The Kier molecular flexibility index (Phi) is 1.81. The number of nitrogens with zero attached hydrogens (tertiary/aromatic N) is 1. The maximum atomic E-state index is 5.93. The summed E-state index contributed by atoms with van der Waals surface area (Å²) in [5, 5.41) is 7.01. The summed E-state index contributed by atoms with van der Waals surface area (Å²) >= 11 is 5.93. The molecule has 1 aromatic rings. The maximum absolute atomic E-state index is 5.93. The largest absolute Gasteiger partial charge is 0.381 e. The monoisotopic (exact) mass is 183 g/mol. The van der Waals surface area contributed by atoms with E-state index in [1.807, 2.05) is 13.0 Å². The van der Waals surface area contributed by atoms with Gasteiger partial charge >= 0.3 is 0 Å². The minimum absolute atomic E-state index is 0.553. The molecule has 1 aliphatic heterocycles. The van der Waals surface area contributed by atoms with Gasteiger partial charge in [0.2, 0.25) is 0 Å². The molecular weight excluding hydrogens is 174 g/mol. The van der Waals surface area contributed by atoms with Crippen LogP contribution in [0.15, 0.2) is 6.07 Å². The number of fused-ring (bicyclic) bond motifs is 1. The Morgan fingerprint density at radius 1 is 1.42 bits per heavy atom. The molecular formula is C8H10ClN3. The van der Waals surface area contributed by atoms with E-state index in [4.69, 9.17) is 11.6 Å². The van der Waals surface area contributed by atoms with E-state index in [1.165, 1.54) is 0 Å². The second-order valence-electron chi connectivity index (χ2n) is 2.83. The molecule has 4 heteroatoms. The topological polar surface area (TPSA) is 37.0 Å². The molecule has 0 radical (unpaired) electrons. The van der Waals surface area contributed by atoms with Crippen LogP contribution < -0.4 is 10.6 Å². The number of halogens is 1. The highest BCUT2D eigenvalue weighted by atomic mass is 35.5. The van der Waals surface area contributed by atoms with E-state index in [0.717, 1.165) is 30.2 Å². The summed E-state index contributed by atoms with van der Waals surface area (Å²) in [5.74, 6) is 0. The Balaban J connectivity index is 2.53. The Morgan fingerprint density at radius 3 is 3.00 bits per heavy atom. The Hall–Kier alpha value is -0.960. The molecule has 0 saturated heterocycles. The summed E-state index contributed by atoms with van der Waals surface area (Å²) in [6.07, 6.45) is 0. The molecule has 2 rings (SSSR count). The van der Waals surface area contributed by atoms with Crippen LogP contribution in [0.5, 0.6) is 0 Å². The lowest BCUT2D eigenvalue weighted by Gasteiger charge is -2.20. The third kappa shape index (κ3) is 1.20. The number of anilines is 2. The Morgan fingerprint density at radius 2 is 2.17 bits per heavy atom. The quantitative estimate of drug-likeness (QED) is 0.603. The van der Waals surface area contributed by atoms with Gasteiger partial charge in [-0.1, -0.05) is 11.6 Å². The average Bonchev–Trinajstić information content (AvgIpc) is 2.04. The second kappa shape index (κ2) is 2.83. The van der Waals surface area contributed by atoms with Gasteiger partial charge in [0, 0.05) is 18.8 Å². The average molecular weight is 184 g/mol. The number of nitrogens with one attached hydrogen (secondary N) is 2. The van der Waals surface area contributed by atoms with Crippen LogP contribution in [0.4, 0.5) is 11.4 Å². The van der Waals surface area contributed by atoms with Crippen LogP contribution in [-0.2, 0) is 0 Å². The summed E-state index contributed by atoms with van der Waals surface area (Å²) in [5.41, 5.74) is 2.92. The minimum Gasteiger partial charge on any atom is -0.381 e. The highest BCUT2D eigenvalue weighted by molar-refractivity contribution is 6.32. The van der Waals surface area contributed by atoms with E-state index in [2.05, 4.69) is 15.6 Å². The van der Waals surface area contributed by atoms with Crippen molar-refractivity contribution in [2.24, 2.45) is 0 Å². The fraction of sp³-hybridized carbons (Fsp3) is 0.375. The molecule has 2 N–H and O–H groups in total. The first kappa shape index (κ1) is 7.68. The molecule has 1 aliphatic rings. The molecule has 0 bridgehead atoms. The van der Waals surface area contributed by atoms with Crippen molar-refractivity contribution in [3.05, 3.63) is 16.9 Å². The van der Waals surface area contributed by atoms with E-state index in [-0.39, 0.29) is 0 Å². The predicted octanol–water partition coefficient (Wildman–Crippen LogP) is 1.88. The fourth-order valence-corrected chi connectivity index (χ4v) is 1.63. The number of aryl methyl sites for hydroxylation is 1. The predicted molar refractivity (Wildman–Crippen MR) is 51.0 cm³/mol. The first-order valence-corrected chi connectivity index (χ1v) is 4.30.